The highest BCUT2D eigenvalue weighted by molar-refractivity contribution is 9.09. The molecule has 2 nitrogen and oxygen atoms in total. The first-order valence-corrected chi connectivity index (χ1v) is 7.37. The second-order valence-corrected chi connectivity index (χ2v) is 6.23. The van der Waals surface area contributed by atoms with E-state index in [0.29, 0.717) is 17.2 Å². The van der Waals surface area contributed by atoms with Gasteiger partial charge in [0.2, 0.25) is 0 Å². The number of carbonyl (C=O) groups excluding carboxylic acids is 1. The second-order valence-electron chi connectivity index (χ2n) is 4.94. The Morgan fingerprint density at radius 1 is 1.33 bits per heavy atom. The van der Waals surface area contributed by atoms with Gasteiger partial charge in [-0.15, -0.1) is 0 Å². The van der Waals surface area contributed by atoms with Gasteiger partial charge in [0.15, 0.2) is 5.78 Å². The number of Topliss-reactive ketones (excluding diaryl/α,β-unsaturated/α-hetero) is 1. The molecule has 0 spiro atoms. The van der Waals surface area contributed by atoms with Gasteiger partial charge >= 0.3 is 0 Å². The minimum atomic E-state index is 0.226. The van der Waals surface area contributed by atoms with Crippen molar-refractivity contribution in [2.45, 2.75) is 36.6 Å². The first kappa shape index (κ1) is 13.8. The molecular weight excluding hydrogens is 292 g/mol. The third-order valence-corrected chi connectivity index (χ3v) is 4.53. The van der Waals surface area contributed by atoms with E-state index in [-0.39, 0.29) is 11.9 Å². The summed E-state index contributed by atoms with van der Waals surface area (Å²) in [5.41, 5.74) is 0.809. The zero-order valence-electron chi connectivity index (χ0n) is 10.6. The van der Waals surface area contributed by atoms with Crippen LogP contribution in [0.25, 0.3) is 0 Å². The maximum Gasteiger partial charge on any atom is 0.163 e. The van der Waals surface area contributed by atoms with Gasteiger partial charge in [-0.3, -0.25) is 4.79 Å². The third-order valence-electron chi connectivity index (χ3n) is 3.69. The van der Waals surface area contributed by atoms with Crippen LogP contribution in [-0.2, 0) is 4.74 Å². The number of methoxy groups -OCH3 is 1. The Morgan fingerprint density at radius 3 is 2.72 bits per heavy atom. The van der Waals surface area contributed by atoms with Crippen molar-refractivity contribution in [1.29, 1.82) is 0 Å². The van der Waals surface area contributed by atoms with E-state index in [1.807, 2.05) is 30.3 Å². The molecule has 0 N–H and O–H groups in total. The predicted molar refractivity (Wildman–Crippen MR) is 76.2 cm³/mol. The van der Waals surface area contributed by atoms with Gasteiger partial charge in [-0.1, -0.05) is 46.3 Å². The standard InChI is InChI=1S/C15H19BrO2/c1-18-15-8-7-13(16)9-12(15)10-14(17)11-5-3-2-4-6-11/h2-6,12-13,15H,7-10H2,1H3. The smallest absolute Gasteiger partial charge is 0.163 e. The first-order valence-electron chi connectivity index (χ1n) is 6.46. The molecule has 3 unspecified atom stereocenters. The summed E-state index contributed by atoms with van der Waals surface area (Å²) < 4.78 is 5.52. The molecule has 1 fully saturated rings. The van der Waals surface area contributed by atoms with Crippen LogP contribution in [-0.4, -0.2) is 23.8 Å². The molecule has 3 heteroatoms. The van der Waals surface area contributed by atoms with Gasteiger partial charge in [0.1, 0.15) is 0 Å². The van der Waals surface area contributed by atoms with E-state index in [1.165, 1.54) is 0 Å². The number of carbonyl (C=O) groups is 1. The molecule has 18 heavy (non-hydrogen) atoms. The van der Waals surface area contributed by atoms with Crippen molar-refractivity contribution in [3.63, 3.8) is 0 Å². The SMILES string of the molecule is COC1CCC(Br)CC1CC(=O)c1ccccc1. The van der Waals surface area contributed by atoms with Crippen LogP contribution in [0.2, 0.25) is 0 Å². The quantitative estimate of drug-likeness (QED) is 0.624. The number of ether oxygens (including phenoxy) is 1. The molecule has 1 saturated carbocycles. The Bertz CT molecular complexity index is 391. The summed E-state index contributed by atoms with van der Waals surface area (Å²) in [6.07, 6.45) is 4.02. The molecular formula is C15H19BrO2. The van der Waals surface area contributed by atoms with Crippen LogP contribution in [0.3, 0.4) is 0 Å². The van der Waals surface area contributed by atoms with Gasteiger partial charge in [0.05, 0.1) is 6.10 Å². The van der Waals surface area contributed by atoms with E-state index >= 15 is 0 Å². The van der Waals surface area contributed by atoms with Crippen LogP contribution < -0.4 is 0 Å². The fourth-order valence-electron chi connectivity index (χ4n) is 2.68. The number of ketones is 1. The van der Waals surface area contributed by atoms with E-state index in [4.69, 9.17) is 4.74 Å². The summed E-state index contributed by atoms with van der Waals surface area (Å²) in [7, 11) is 1.75. The highest BCUT2D eigenvalue weighted by atomic mass is 79.9. The van der Waals surface area contributed by atoms with Gasteiger partial charge in [-0.2, -0.15) is 0 Å². The van der Waals surface area contributed by atoms with Gasteiger partial charge in [0.25, 0.3) is 0 Å². The Morgan fingerprint density at radius 2 is 2.06 bits per heavy atom. The average molecular weight is 311 g/mol. The number of rotatable bonds is 4. The molecule has 0 aromatic heterocycles. The molecule has 0 saturated heterocycles. The molecule has 3 atom stereocenters. The van der Waals surface area contributed by atoms with Crippen molar-refractivity contribution >= 4 is 21.7 Å². The monoisotopic (exact) mass is 310 g/mol. The number of halogens is 1. The van der Waals surface area contributed by atoms with E-state index in [2.05, 4.69) is 15.9 Å². The molecule has 1 aliphatic rings. The number of hydrogen-bond acceptors (Lipinski definition) is 2. The van der Waals surface area contributed by atoms with Crippen molar-refractivity contribution in [3.8, 4) is 0 Å². The lowest BCUT2D eigenvalue weighted by Crippen LogP contribution is -2.32. The Hall–Kier alpha value is -0.670. The fraction of sp³-hybridized carbons (Fsp3) is 0.533. The molecule has 0 aliphatic heterocycles. The van der Waals surface area contributed by atoms with Crippen molar-refractivity contribution in [2.24, 2.45) is 5.92 Å². The predicted octanol–water partition coefficient (Wildman–Crippen LogP) is 3.84. The third kappa shape index (κ3) is 3.42. The molecule has 1 aromatic carbocycles. The van der Waals surface area contributed by atoms with Crippen LogP contribution in [0.1, 0.15) is 36.0 Å². The summed E-state index contributed by atoms with van der Waals surface area (Å²) in [4.78, 5) is 12.7. The van der Waals surface area contributed by atoms with Crippen LogP contribution in [0.5, 0.6) is 0 Å². The molecule has 1 aliphatic carbocycles. The molecule has 0 radical (unpaired) electrons. The fourth-order valence-corrected chi connectivity index (χ4v) is 3.43. The number of hydrogen-bond donors (Lipinski definition) is 0. The van der Waals surface area contributed by atoms with Crippen molar-refractivity contribution in [1.82, 2.24) is 0 Å². The summed E-state index contributed by atoms with van der Waals surface area (Å²) >= 11 is 3.66. The van der Waals surface area contributed by atoms with Crippen molar-refractivity contribution in [2.75, 3.05) is 7.11 Å². The first-order chi connectivity index (χ1) is 8.70. The lowest BCUT2D eigenvalue weighted by Gasteiger charge is -2.32. The van der Waals surface area contributed by atoms with Gasteiger partial charge < -0.3 is 4.74 Å². The average Bonchev–Trinajstić information content (AvgIpc) is 2.40. The molecule has 0 bridgehead atoms. The summed E-state index contributed by atoms with van der Waals surface area (Å²) in [6, 6.07) is 9.53. The Balaban J connectivity index is 2.01. The van der Waals surface area contributed by atoms with Crippen LogP contribution >= 0.6 is 15.9 Å². The maximum atomic E-state index is 12.2. The normalized spacial score (nSPS) is 28.0. The minimum absolute atomic E-state index is 0.226. The topological polar surface area (TPSA) is 26.3 Å². The van der Waals surface area contributed by atoms with Gasteiger partial charge in [0, 0.05) is 23.9 Å². The zero-order valence-corrected chi connectivity index (χ0v) is 12.2. The summed E-state index contributed by atoms with van der Waals surface area (Å²) in [5.74, 6) is 0.560. The largest absolute Gasteiger partial charge is 0.381 e. The molecule has 2 rings (SSSR count). The van der Waals surface area contributed by atoms with Gasteiger partial charge in [-0.25, -0.2) is 0 Å². The Labute approximate surface area is 117 Å². The molecule has 0 heterocycles. The van der Waals surface area contributed by atoms with Gasteiger partial charge in [-0.05, 0) is 25.2 Å². The molecule has 98 valence electrons. The van der Waals surface area contributed by atoms with E-state index in [0.717, 1.165) is 24.8 Å². The second kappa shape index (κ2) is 6.48. The van der Waals surface area contributed by atoms with E-state index in [1.54, 1.807) is 7.11 Å². The lowest BCUT2D eigenvalue weighted by atomic mass is 9.82. The maximum absolute atomic E-state index is 12.2. The molecule has 1 aromatic rings. The summed E-state index contributed by atoms with van der Waals surface area (Å²) in [6.45, 7) is 0. The van der Waals surface area contributed by atoms with Crippen LogP contribution in [0.15, 0.2) is 30.3 Å². The highest BCUT2D eigenvalue weighted by Gasteiger charge is 2.31. The highest BCUT2D eigenvalue weighted by Crippen LogP contribution is 2.33. The summed E-state index contributed by atoms with van der Waals surface area (Å²) in [5, 5.41) is 0. The molecule has 0 amide bonds. The van der Waals surface area contributed by atoms with Crippen LogP contribution in [0, 0.1) is 5.92 Å². The van der Waals surface area contributed by atoms with Crippen molar-refractivity contribution < 1.29 is 9.53 Å². The minimum Gasteiger partial charge on any atom is -0.381 e. The lowest BCUT2D eigenvalue weighted by molar-refractivity contribution is 0.0227. The van der Waals surface area contributed by atoms with E-state index < -0.39 is 0 Å². The number of alkyl halides is 1. The van der Waals surface area contributed by atoms with E-state index in [9.17, 15) is 4.79 Å². The zero-order chi connectivity index (χ0) is 13.0. The Kier molecular flexibility index (Phi) is 4.95. The van der Waals surface area contributed by atoms with Crippen molar-refractivity contribution in [3.05, 3.63) is 35.9 Å². The number of benzene rings is 1. The van der Waals surface area contributed by atoms with Crippen LogP contribution in [0.4, 0.5) is 0 Å².